The maximum absolute atomic E-state index is 2.43. The highest BCUT2D eigenvalue weighted by Gasteiger charge is 2.13. The summed E-state index contributed by atoms with van der Waals surface area (Å²) in [6.45, 7) is 11.5. The number of aryl methyl sites for hydroxylation is 1. The Morgan fingerprint density at radius 3 is 2.48 bits per heavy atom. The molecule has 0 aromatic heterocycles. The first-order chi connectivity index (χ1) is 14.1. The Hall–Kier alpha value is -1.82. The van der Waals surface area contributed by atoms with Crippen LogP contribution in [-0.4, -0.2) is 0 Å². The van der Waals surface area contributed by atoms with Gasteiger partial charge in [0.1, 0.15) is 0 Å². The first kappa shape index (κ1) is 23.5. The summed E-state index contributed by atoms with van der Waals surface area (Å²) in [6, 6.07) is 7.17. The van der Waals surface area contributed by atoms with Crippen molar-refractivity contribution in [1.82, 2.24) is 0 Å². The second-order valence-electron chi connectivity index (χ2n) is 8.78. The van der Waals surface area contributed by atoms with Crippen LogP contribution in [0.4, 0.5) is 0 Å². The third-order valence-electron chi connectivity index (χ3n) is 6.35. The highest BCUT2D eigenvalue weighted by molar-refractivity contribution is 5.68. The van der Waals surface area contributed by atoms with E-state index in [-0.39, 0.29) is 0 Å². The predicted octanol–water partition coefficient (Wildman–Crippen LogP) is 9.33. The van der Waals surface area contributed by atoms with Crippen molar-refractivity contribution in [2.24, 2.45) is 5.92 Å². The van der Waals surface area contributed by atoms with Gasteiger partial charge in [0.2, 0.25) is 0 Å². The lowest BCUT2D eigenvalue weighted by atomic mass is 9.86. The molecule has 1 aliphatic rings. The van der Waals surface area contributed by atoms with Gasteiger partial charge < -0.3 is 0 Å². The highest BCUT2D eigenvalue weighted by Crippen LogP contribution is 2.31. The fraction of sp³-hybridized carbons (Fsp3) is 0.517. The van der Waals surface area contributed by atoms with E-state index in [0.29, 0.717) is 5.92 Å². The molecule has 2 rings (SSSR count). The molecule has 1 aliphatic carbocycles. The lowest BCUT2D eigenvalue weighted by Crippen LogP contribution is -2.02. The Bertz CT molecular complexity index is 735. The molecule has 29 heavy (non-hydrogen) atoms. The standard InChI is InChI=1S/C29H42/c1-6-13-25(14-7-2)17-18-27(8-3)29-20-19-28(22-24(29)5)23(4)21-26-15-11-9-10-12-16-26/h8-11,15-16,19-20,22-23,25H,6-7,12-14,17-18,21H2,1-5H3/b27-8-. The van der Waals surface area contributed by atoms with E-state index in [4.69, 9.17) is 0 Å². The molecule has 0 fully saturated rings. The van der Waals surface area contributed by atoms with Gasteiger partial charge in [0.05, 0.1) is 0 Å². The average molecular weight is 391 g/mol. The van der Waals surface area contributed by atoms with Crippen LogP contribution in [0.2, 0.25) is 0 Å². The van der Waals surface area contributed by atoms with Gasteiger partial charge in [-0.15, -0.1) is 0 Å². The zero-order valence-electron chi connectivity index (χ0n) is 19.5. The second kappa shape index (κ2) is 12.7. The van der Waals surface area contributed by atoms with Crippen LogP contribution in [0.3, 0.4) is 0 Å². The van der Waals surface area contributed by atoms with Gasteiger partial charge in [-0.2, -0.15) is 0 Å². The third kappa shape index (κ3) is 7.50. The number of hydrogen-bond acceptors (Lipinski definition) is 0. The zero-order chi connectivity index (χ0) is 21.1. The molecular weight excluding hydrogens is 348 g/mol. The quantitative estimate of drug-likeness (QED) is 0.353. The van der Waals surface area contributed by atoms with Crippen LogP contribution in [0.5, 0.6) is 0 Å². The van der Waals surface area contributed by atoms with E-state index >= 15 is 0 Å². The summed E-state index contributed by atoms with van der Waals surface area (Å²) in [5, 5.41) is 0. The van der Waals surface area contributed by atoms with Crippen LogP contribution in [0.1, 0.15) is 102 Å². The van der Waals surface area contributed by atoms with Gasteiger partial charge >= 0.3 is 0 Å². The van der Waals surface area contributed by atoms with Crippen LogP contribution in [-0.2, 0) is 0 Å². The topological polar surface area (TPSA) is 0 Å². The molecule has 0 N–H and O–H groups in total. The monoisotopic (exact) mass is 390 g/mol. The lowest BCUT2D eigenvalue weighted by Gasteiger charge is -2.19. The van der Waals surface area contributed by atoms with Crippen molar-refractivity contribution in [3.63, 3.8) is 0 Å². The summed E-state index contributed by atoms with van der Waals surface area (Å²) < 4.78 is 0. The Balaban J connectivity index is 2.05. The summed E-state index contributed by atoms with van der Waals surface area (Å²) in [7, 11) is 0. The smallest absolute Gasteiger partial charge is 0.0150 e. The normalized spacial score (nSPS) is 15.5. The average Bonchev–Trinajstić information content (AvgIpc) is 2.98. The van der Waals surface area contributed by atoms with Crippen LogP contribution in [0, 0.1) is 12.8 Å². The predicted molar refractivity (Wildman–Crippen MR) is 131 cm³/mol. The van der Waals surface area contributed by atoms with Gasteiger partial charge in [0.15, 0.2) is 0 Å². The van der Waals surface area contributed by atoms with E-state index in [1.807, 2.05) is 0 Å². The Morgan fingerprint density at radius 2 is 1.83 bits per heavy atom. The first-order valence-corrected chi connectivity index (χ1v) is 11.9. The number of benzene rings is 1. The van der Waals surface area contributed by atoms with Gasteiger partial charge in [-0.25, -0.2) is 0 Å². The molecule has 0 heteroatoms. The summed E-state index contributed by atoms with van der Waals surface area (Å²) in [4.78, 5) is 0. The van der Waals surface area contributed by atoms with Crippen LogP contribution >= 0.6 is 0 Å². The largest absolute Gasteiger partial charge is 0.0838 e. The molecule has 1 atom stereocenters. The number of allylic oxidation sites excluding steroid dienone is 8. The summed E-state index contributed by atoms with van der Waals surface area (Å²) in [5.74, 6) is 1.43. The SMILES string of the molecule is C/C=C(/CCC(CCC)CCC)c1ccc(C(C)CC2=CCC=CC=C2)cc1C. The molecule has 158 valence electrons. The minimum absolute atomic E-state index is 0.546. The fourth-order valence-electron chi connectivity index (χ4n) is 4.64. The van der Waals surface area contributed by atoms with Gasteiger partial charge in [-0.05, 0) is 73.6 Å². The Labute approximate surface area is 180 Å². The van der Waals surface area contributed by atoms with Crippen molar-refractivity contribution < 1.29 is 0 Å². The number of hydrogen-bond donors (Lipinski definition) is 0. The van der Waals surface area contributed by atoms with Gasteiger partial charge in [0.25, 0.3) is 0 Å². The zero-order valence-corrected chi connectivity index (χ0v) is 19.5. The van der Waals surface area contributed by atoms with E-state index in [0.717, 1.165) is 18.8 Å². The van der Waals surface area contributed by atoms with Crippen molar-refractivity contribution in [2.45, 2.75) is 91.9 Å². The van der Waals surface area contributed by atoms with Gasteiger partial charge in [-0.1, -0.05) is 107 Å². The maximum atomic E-state index is 2.43. The van der Waals surface area contributed by atoms with Crippen LogP contribution in [0.25, 0.3) is 5.57 Å². The molecule has 0 spiro atoms. The van der Waals surface area contributed by atoms with Crippen molar-refractivity contribution in [3.05, 3.63) is 76.9 Å². The molecule has 0 bridgehead atoms. The van der Waals surface area contributed by atoms with Gasteiger partial charge in [-0.3, -0.25) is 0 Å². The number of rotatable bonds is 11. The molecule has 0 saturated carbocycles. The fourth-order valence-corrected chi connectivity index (χ4v) is 4.64. The first-order valence-electron chi connectivity index (χ1n) is 11.9. The van der Waals surface area contributed by atoms with E-state index in [1.165, 1.54) is 66.4 Å². The lowest BCUT2D eigenvalue weighted by molar-refractivity contribution is 0.416. The summed E-state index contributed by atoms with van der Waals surface area (Å²) in [5.41, 5.74) is 7.32. The molecule has 0 amide bonds. The van der Waals surface area contributed by atoms with Crippen molar-refractivity contribution in [2.75, 3.05) is 0 Å². The maximum Gasteiger partial charge on any atom is -0.0150 e. The molecule has 0 heterocycles. The van der Waals surface area contributed by atoms with Crippen molar-refractivity contribution >= 4 is 5.57 Å². The third-order valence-corrected chi connectivity index (χ3v) is 6.35. The van der Waals surface area contributed by atoms with Crippen molar-refractivity contribution in [1.29, 1.82) is 0 Å². The molecule has 0 nitrogen and oxygen atoms in total. The van der Waals surface area contributed by atoms with E-state index in [2.05, 4.69) is 89.3 Å². The summed E-state index contributed by atoms with van der Waals surface area (Å²) in [6.07, 6.45) is 23.6. The van der Waals surface area contributed by atoms with E-state index < -0.39 is 0 Å². The Morgan fingerprint density at radius 1 is 1.07 bits per heavy atom. The van der Waals surface area contributed by atoms with E-state index in [9.17, 15) is 0 Å². The molecular formula is C29H42. The van der Waals surface area contributed by atoms with Gasteiger partial charge in [0, 0.05) is 0 Å². The summed E-state index contributed by atoms with van der Waals surface area (Å²) >= 11 is 0. The minimum atomic E-state index is 0.546. The molecule has 0 saturated heterocycles. The Kier molecular flexibility index (Phi) is 10.3. The molecule has 1 unspecified atom stereocenters. The van der Waals surface area contributed by atoms with Crippen LogP contribution in [0.15, 0.2) is 60.2 Å². The van der Waals surface area contributed by atoms with E-state index in [1.54, 1.807) is 0 Å². The minimum Gasteiger partial charge on any atom is -0.0838 e. The second-order valence-corrected chi connectivity index (χ2v) is 8.78. The molecule has 1 aromatic carbocycles. The molecule has 1 aromatic rings. The molecule has 0 radical (unpaired) electrons. The highest BCUT2D eigenvalue weighted by atomic mass is 14.2. The molecule has 0 aliphatic heterocycles. The van der Waals surface area contributed by atoms with Crippen molar-refractivity contribution in [3.8, 4) is 0 Å². The van der Waals surface area contributed by atoms with Crippen LogP contribution < -0.4 is 0 Å².